The Morgan fingerprint density at radius 2 is 1.91 bits per heavy atom. The third-order valence-corrected chi connectivity index (χ3v) is 5.75. The molecule has 0 aliphatic heterocycles. The van der Waals surface area contributed by atoms with Crippen molar-refractivity contribution >= 4 is 22.7 Å². The van der Waals surface area contributed by atoms with Gasteiger partial charge < -0.3 is 14.8 Å². The maximum Gasteiger partial charge on any atom is 0.387 e. The molecule has 0 unspecified atom stereocenters. The fourth-order valence-corrected chi connectivity index (χ4v) is 4.12. The second-order valence-corrected chi connectivity index (χ2v) is 8.11. The molecule has 1 N–H and O–H groups in total. The van der Waals surface area contributed by atoms with E-state index in [2.05, 4.69) is 20.3 Å². The maximum atomic E-state index is 12.6. The van der Waals surface area contributed by atoms with Gasteiger partial charge in [0, 0.05) is 31.8 Å². The van der Waals surface area contributed by atoms with E-state index in [1.165, 1.54) is 25.0 Å². The Bertz CT molecular complexity index is 1280. The average molecular weight is 454 g/mol. The van der Waals surface area contributed by atoms with Gasteiger partial charge in [0.1, 0.15) is 23.1 Å². The highest BCUT2D eigenvalue weighted by atomic mass is 19.3. The van der Waals surface area contributed by atoms with Crippen molar-refractivity contribution in [3.8, 4) is 22.8 Å². The highest BCUT2D eigenvalue weighted by Crippen LogP contribution is 2.33. The predicted octanol–water partition coefficient (Wildman–Crippen LogP) is 5.04. The molecule has 1 aliphatic carbocycles. The van der Waals surface area contributed by atoms with Gasteiger partial charge in [0.05, 0.1) is 23.4 Å². The summed E-state index contributed by atoms with van der Waals surface area (Å²) >= 11 is 0. The van der Waals surface area contributed by atoms with E-state index in [1.54, 1.807) is 34.7 Å². The van der Waals surface area contributed by atoms with Gasteiger partial charge in [0.15, 0.2) is 5.65 Å². The van der Waals surface area contributed by atoms with E-state index in [0.717, 1.165) is 24.0 Å². The Morgan fingerprint density at radius 1 is 1.09 bits per heavy atom. The summed E-state index contributed by atoms with van der Waals surface area (Å²) in [6.07, 6.45) is 6.43. The van der Waals surface area contributed by atoms with Gasteiger partial charge in [0.2, 0.25) is 0 Å². The number of fused-ring (bicyclic) bond motifs is 1. The zero-order valence-corrected chi connectivity index (χ0v) is 18.3. The van der Waals surface area contributed by atoms with Crippen LogP contribution in [0.25, 0.3) is 22.3 Å². The number of hydrogen-bond acceptors (Lipinski definition) is 6. The van der Waals surface area contributed by atoms with Gasteiger partial charge in [-0.15, -0.1) is 0 Å². The molecule has 0 bridgehead atoms. The van der Waals surface area contributed by atoms with Crippen LogP contribution in [0.2, 0.25) is 0 Å². The first kappa shape index (κ1) is 21.2. The fourth-order valence-electron chi connectivity index (χ4n) is 4.12. The molecule has 0 spiro atoms. The molecule has 1 aromatic carbocycles. The molecule has 8 nitrogen and oxygen atoms in total. The van der Waals surface area contributed by atoms with Crippen molar-refractivity contribution in [2.24, 2.45) is 14.1 Å². The van der Waals surface area contributed by atoms with Crippen molar-refractivity contribution in [1.82, 2.24) is 24.5 Å². The number of alkyl halides is 2. The number of nitrogens with one attached hydrogen (secondary N) is 1. The van der Waals surface area contributed by atoms with Crippen molar-refractivity contribution in [3.63, 3.8) is 0 Å². The van der Waals surface area contributed by atoms with E-state index in [4.69, 9.17) is 9.72 Å². The number of ether oxygens (including phenoxy) is 2. The largest absolute Gasteiger partial charge is 0.489 e. The number of rotatable bonds is 7. The lowest BCUT2D eigenvalue weighted by Gasteiger charge is -2.15. The standard InChI is InChI=1S/C23H24F2N6O2/c1-30-21(11-18(29-30)14-6-5-9-16(10-14)33-23(24)25)27-20-12-19(32-15-7-3-4-8-15)17-13-26-31(2)22(17)28-20/h5-6,9-13,15,23H,3-4,7-8H2,1-2H3,(H,27,28). The summed E-state index contributed by atoms with van der Waals surface area (Å²) in [7, 11) is 3.64. The third-order valence-electron chi connectivity index (χ3n) is 5.75. The zero-order valence-electron chi connectivity index (χ0n) is 18.3. The van der Waals surface area contributed by atoms with Crippen LogP contribution in [0, 0.1) is 0 Å². The van der Waals surface area contributed by atoms with Gasteiger partial charge in [-0.1, -0.05) is 12.1 Å². The van der Waals surface area contributed by atoms with Gasteiger partial charge in [-0.25, -0.2) is 4.98 Å². The molecule has 0 amide bonds. The van der Waals surface area contributed by atoms with E-state index < -0.39 is 6.61 Å². The minimum absolute atomic E-state index is 0.0830. The van der Waals surface area contributed by atoms with Crippen molar-refractivity contribution in [1.29, 1.82) is 0 Å². The lowest BCUT2D eigenvalue weighted by molar-refractivity contribution is -0.0498. The smallest absolute Gasteiger partial charge is 0.387 e. The number of anilines is 2. The van der Waals surface area contributed by atoms with Gasteiger partial charge in [0.25, 0.3) is 0 Å². The number of hydrogen-bond donors (Lipinski definition) is 1. The first-order chi connectivity index (χ1) is 16.0. The molecule has 1 aliphatic rings. The SMILES string of the molecule is Cn1nc(-c2cccc(OC(F)F)c2)cc1Nc1cc(OC2CCCC2)c2cnn(C)c2n1. The molecule has 1 fully saturated rings. The average Bonchev–Trinajstić information content (AvgIpc) is 3.50. The molecule has 4 aromatic rings. The Balaban J connectivity index is 1.44. The van der Waals surface area contributed by atoms with Crippen LogP contribution < -0.4 is 14.8 Å². The molecule has 3 heterocycles. The Hall–Kier alpha value is -3.69. The number of benzene rings is 1. The van der Waals surface area contributed by atoms with Crippen LogP contribution in [0.15, 0.2) is 42.6 Å². The minimum atomic E-state index is -2.88. The Morgan fingerprint density at radius 3 is 2.70 bits per heavy atom. The maximum absolute atomic E-state index is 12.6. The molecule has 0 atom stereocenters. The molecule has 0 saturated heterocycles. The molecule has 1 saturated carbocycles. The highest BCUT2D eigenvalue weighted by molar-refractivity contribution is 5.84. The van der Waals surface area contributed by atoms with E-state index in [-0.39, 0.29) is 11.9 Å². The summed E-state index contributed by atoms with van der Waals surface area (Å²) in [5.74, 6) is 2.12. The van der Waals surface area contributed by atoms with Crippen molar-refractivity contribution in [3.05, 3.63) is 42.6 Å². The van der Waals surface area contributed by atoms with Crippen LogP contribution in [0.5, 0.6) is 11.5 Å². The van der Waals surface area contributed by atoms with E-state index in [9.17, 15) is 8.78 Å². The summed E-state index contributed by atoms with van der Waals surface area (Å²) in [6.45, 7) is -2.88. The number of pyridine rings is 1. The molecule has 33 heavy (non-hydrogen) atoms. The van der Waals surface area contributed by atoms with E-state index in [1.807, 2.05) is 19.2 Å². The topological polar surface area (TPSA) is 79.0 Å². The van der Waals surface area contributed by atoms with Crippen LogP contribution in [-0.2, 0) is 14.1 Å². The molecule has 3 aromatic heterocycles. The first-order valence-corrected chi connectivity index (χ1v) is 10.8. The second kappa shape index (κ2) is 8.68. The molecular formula is C23H24F2N6O2. The van der Waals surface area contributed by atoms with Gasteiger partial charge in [-0.3, -0.25) is 9.36 Å². The Labute approximate surface area is 189 Å². The number of nitrogens with zero attached hydrogens (tertiary/aromatic N) is 5. The van der Waals surface area contributed by atoms with Crippen LogP contribution >= 0.6 is 0 Å². The molecule has 10 heteroatoms. The molecular weight excluding hydrogens is 430 g/mol. The fraction of sp³-hybridized carbons (Fsp3) is 0.348. The van der Waals surface area contributed by atoms with Gasteiger partial charge >= 0.3 is 6.61 Å². The lowest BCUT2D eigenvalue weighted by Crippen LogP contribution is -2.11. The summed E-state index contributed by atoms with van der Waals surface area (Å²) in [5.41, 5.74) is 1.99. The van der Waals surface area contributed by atoms with Crippen LogP contribution in [0.4, 0.5) is 20.4 Å². The van der Waals surface area contributed by atoms with Gasteiger partial charge in [-0.2, -0.15) is 19.0 Å². The lowest BCUT2D eigenvalue weighted by atomic mass is 10.1. The zero-order chi connectivity index (χ0) is 22.9. The predicted molar refractivity (Wildman–Crippen MR) is 120 cm³/mol. The molecule has 172 valence electrons. The molecule has 5 rings (SSSR count). The second-order valence-electron chi connectivity index (χ2n) is 8.11. The summed E-state index contributed by atoms with van der Waals surface area (Å²) < 4.78 is 39.3. The first-order valence-electron chi connectivity index (χ1n) is 10.8. The highest BCUT2D eigenvalue weighted by Gasteiger charge is 2.20. The van der Waals surface area contributed by atoms with E-state index in [0.29, 0.717) is 28.5 Å². The number of halogens is 2. The monoisotopic (exact) mass is 454 g/mol. The van der Waals surface area contributed by atoms with Crippen LogP contribution in [0.3, 0.4) is 0 Å². The van der Waals surface area contributed by atoms with Crippen molar-refractivity contribution < 1.29 is 18.3 Å². The molecule has 0 radical (unpaired) electrons. The minimum Gasteiger partial charge on any atom is -0.489 e. The third kappa shape index (κ3) is 4.46. The normalized spacial score (nSPS) is 14.3. The van der Waals surface area contributed by atoms with Crippen molar-refractivity contribution in [2.75, 3.05) is 5.32 Å². The summed E-state index contributed by atoms with van der Waals surface area (Å²) in [4.78, 5) is 4.70. The summed E-state index contributed by atoms with van der Waals surface area (Å²) in [5, 5.41) is 13.0. The summed E-state index contributed by atoms with van der Waals surface area (Å²) in [6, 6.07) is 10.2. The number of aryl methyl sites for hydroxylation is 2. The van der Waals surface area contributed by atoms with Gasteiger partial charge in [-0.05, 0) is 37.8 Å². The quantitative estimate of drug-likeness (QED) is 0.422. The van der Waals surface area contributed by atoms with Crippen molar-refractivity contribution in [2.45, 2.75) is 38.4 Å². The van der Waals surface area contributed by atoms with E-state index >= 15 is 0 Å². The Kier molecular flexibility index (Phi) is 5.57. The van der Waals surface area contributed by atoms with Crippen LogP contribution in [-0.4, -0.2) is 37.3 Å². The number of aromatic nitrogens is 5. The van der Waals surface area contributed by atoms with Crippen LogP contribution in [0.1, 0.15) is 25.7 Å².